The topological polar surface area (TPSA) is 30.2 Å². The van der Waals surface area contributed by atoms with E-state index in [0.29, 0.717) is 17.9 Å². The number of hydrogen-bond donors (Lipinski definition) is 0. The van der Waals surface area contributed by atoms with Gasteiger partial charge in [0.15, 0.2) is 0 Å². The van der Waals surface area contributed by atoms with Gasteiger partial charge in [-0.25, -0.2) is 0 Å². The molecular weight excluding hydrogens is 248 g/mol. The van der Waals surface area contributed by atoms with Gasteiger partial charge in [0.2, 0.25) is 0 Å². The number of aryl methyl sites for hydroxylation is 1. The van der Waals surface area contributed by atoms with Gasteiger partial charge in [-0.05, 0) is 24.3 Å². The summed E-state index contributed by atoms with van der Waals surface area (Å²) in [6.07, 6.45) is 2.02. The third kappa shape index (κ3) is 4.04. The first-order valence-corrected chi connectivity index (χ1v) is 6.45. The number of furan rings is 1. The van der Waals surface area contributed by atoms with Crippen LogP contribution in [-0.4, -0.2) is 6.29 Å². The zero-order valence-corrected chi connectivity index (χ0v) is 11.4. The highest BCUT2D eigenvalue weighted by Gasteiger charge is 2.04. The molecule has 3 heteroatoms. The monoisotopic (exact) mass is 264 g/mol. The molecule has 0 saturated carbocycles. The summed E-state index contributed by atoms with van der Waals surface area (Å²) in [5.41, 5.74) is 0.949. The predicted octanol–water partition coefficient (Wildman–Crippen LogP) is 4.76. The van der Waals surface area contributed by atoms with Gasteiger partial charge < -0.3 is 9.21 Å². The Bertz CT molecular complexity index is 489. The fourth-order valence-corrected chi connectivity index (χ4v) is 1.70. The van der Waals surface area contributed by atoms with Gasteiger partial charge >= 0.3 is 0 Å². The minimum absolute atomic E-state index is 0.489. The van der Waals surface area contributed by atoms with E-state index in [0.717, 1.165) is 23.4 Å². The SMILES string of the molecule is CC.O=CCCc1ccc(-c2cccc(Cl)c2)o1. The average molecular weight is 265 g/mol. The molecule has 0 fully saturated rings. The van der Waals surface area contributed by atoms with Gasteiger partial charge in [-0.3, -0.25) is 0 Å². The minimum atomic E-state index is 0.489. The van der Waals surface area contributed by atoms with Crippen molar-refractivity contribution in [2.24, 2.45) is 0 Å². The van der Waals surface area contributed by atoms with Crippen molar-refractivity contribution in [1.29, 1.82) is 0 Å². The van der Waals surface area contributed by atoms with Crippen LogP contribution in [0.5, 0.6) is 0 Å². The van der Waals surface area contributed by atoms with E-state index in [2.05, 4.69) is 0 Å². The van der Waals surface area contributed by atoms with Crippen molar-refractivity contribution in [1.82, 2.24) is 0 Å². The number of halogens is 1. The summed E-state index contributed by atoms with van der Waals surface area (Å²) in [5, 5.41) is 0.684. The molecule has 2 aromatic rings. The molecule has 0 aliphatic rings. The molecule has 2 rings (SSSR count). The van der Waals surface area contributed by atoms with Crippen LogP contribution in [0.25, 0.3) is 11.3 Å². The molecule has 0 N–H and O–H groups in total. The van der Waals surface area contributed by atoms with Crippen LogP contribution in [0.15, 0.2) is 40.8 Å². The molecule has 0 saturated heterocycles. The molecule has 0 aliphatic heterocycles. The Hall–Kier alpha value is -1.54. The van der Waals surface area contributed by atoms with Crippen LogP contribution in [0.4, 0.5) is 0 Å². The van der Waals surface area contributed by atoms with Crippen LogP contribution in [0, 0.1) is 0 Å². The molecular formula is C15H17ClO2. The first-order valence-electron chi connectivity index (χ1n) is 6.08. The molecule has 0 bridgehead atoms. The number of carbonyl (C=O) groups is 1. The molecule has 1 heterocycles. The lowest BCUT2D eigenvalue weighted by Gasteiger charge is -1.97. The zero-order chi connectivity index (χ0) is 13.4. The van der Waals surface area contributed by atoms with Crippen molar-refractivity contribution < 1.29 is 9.21 Å². The Kier molecular flexibility index (Phi) is 6.23. The highest BCUT2D eigenvalue weighted by atomic mass is 35.5. The number of aldehydes is 1. The maximum atomic E-state index is 10.2. The number of hydrogen-bond acceptors (Lipinski definition) is 2. The van der Waals surface area contributed by atoms with E-state index in [1.165, 1.54) is 0 Å². The van der Waals surface area contributed by atoms with Crippen molar-refractivity contribution in [3.8, 4) is 11.3 Å². The van der Waals surface area contributed by atoms with Crippen LogP contribution in [0.3, 0.4) is 0 Å². The fraction of sp³-hybridized carbons (Fsp3) is 0.267. The molecule has 96 valence electrons. The van der Waals surface area contributed by atoms with Gasteiger partial charge in [-0.1, -0.05) is 37.6 Å². The van der Waals surface area contributed by atoms with Gasteiger partial charge in [0.25, 0.3) is 0 Å². The van der Waals surface area contributed by atoms with Crippen LogP contribution in [0.2, 0.25) is 5.02 Å². The Labute approximate surface area is 113 Å². The molecule has 0 aliphatic carbocycles. The Morgan fingerprint density at radius 3 is 2.67 bits per heavy atom. The molecule has 18 heavy (non-hydrogen) atoms. The van der Waals surface area contributed by atoms with E-state index < -0.39 is 0 Å². The summed E-state index contributed by atoms with van der Waals surface area (Å²) in [5.74, 6) is 1.60. The summed E-state index contributed by atoms with van der Waals surface area (Å²) in [7, 11) is 0. The standard InChI is InChI=1S/C13H11ClO2.C2H6/c14-11-4-1-3-10(9-11)13-7-6-12(16-13)5-2-8-15;1-2/h1,3-4,6-9H,2,5H2;1-2H3. The Morgan fingerprint density at radius 2 is 2.00 bits per heavy atom. The van der Waals surface area contributed by atoms with E-state index >= 15 is 0 Å². The van der Waals surface area contributed by atoms with Gasteiger partial charge in [-0.15, -0.1) is 0 Å². The summed E-state index contributed by atoms with van der Waals surface area (Å²) in [6, 6.07) is 11.3. The highest BCUT2D eigenvalue weighted by molar-refractivity contribution is 6.30. The van der Waals surface area contributed by atoms with E-state index in [1.54, 1.807) is 0 Å². The van der Waals surface area contributed by atoms with Gasteiger partial charge in [-0.2, -0.15) is 0 Å². The quantitative estimate of drug-likeness (QED) is 0.746. The Morgan fingerprint density at radius 1 is 1.22 bits per heavy atom. The van der Waals surface area contributed by atoms with Crippen LogP contribution in [0.1, 0.15) is 26.0 Å². The lowest BCUT2D eigenvalue weighted by molar-refractivity contribution is -0.107. The summed E-state index contributed by atoms with van der Waals surface area (Å²) in [4.78, 5) is 10.2. The first-order chi connectivity index (χ1) is 8.79. The minimum Gasteiger partial charge on any atom is -0.461 e. The van der Waals surface area contributed by atoms with E-state index in [1.807, 2.05) is 50.2 Å². The highest BCUT2D eigenvalue weighted by Crippen LogP contribution is 2.25. The smallest absolute Gasteiger partial charge is 0.134 e. The van der Waals surface area contributed by atoms with Crippen LogP contribution in [-0.2, 0) is 11.2 Å². The van der Waals surface area contributed by atoms with Gasteiger partial charge in [0.1, 0.15) is 17.8 Å². The lowest BCUT2D eigenvalue weighted by atomic mass is 10.2. The van der Waals surface area contributed by atoms with E-state index in [4.69, 9.17) is 16.0 Å². The van der Waals surface area contributed by atoms with Crippen LogP contribution < -0.4 is 0 Å². The Balaban J connectivity index is 0.000000771. The molecule has 1 aromatic carbocycles. The third-order valence-corrected chi connectivity index (χ3v) is 2.51. The number of benzene rings is 1. The number of rotatable bonds is 4. The fourth-order valence-electron chi connectivity index (χ4n) is 1.51. The maximum absolute atomic E-state index is 10.2. The second-order valence-corrected chi connectivity index (χ2v) is 3.92. The molecule has 0 atom stereocenters. The van der Waals surface area contributed by atoms with Crippen molar-refractivity contribution in [2.45, 2.75) is 26.7 Å². The van der Waals surface area contributed by atoms with Gasteiger partial charge in [0, 0.05) is 23.4 Å². The summed E-state index contributed by atoms with van der Waals surface area (Å²) in [6.45, 7) is 4.00. The maximum Gasteiger partial charge on any atom is 0.134 e. The van der Waals surface area contributed by atoms with Crippen molar-refractivity contribution in [3.63, 3.8) is 0 Å². The average Bonchev–Trinajstić information content (AvgIpc) is 2.87. The van der Waals surface area contributed by atoms with E-state index in [9.17, 15) is 4.79 Å². The normalized spacial score (nSPS) is 9.50. The summed E-state index contributed by atoms with van der Waals surface area (Å²) >= 11 is 5.90. The van der Waals surface area contributed by atoms with Crippen molar-refractivity contribution in [3.05, 3.63) is 47.2 Å². The van der Waals surface area contributed by atoms with Crippen LogP contribution >= 0.6 is 11.6 Å². The molecule has 0 radical (unpaired) electrons. The first kappa shape index (κ1) is 14.5. The van der Waals surface area contributed by atoms with Crippen molar-refractivity contribution >= 4 is 17.9 Å². The lowest BCUT2D eigenvalue weighted by Crippen LogP contribution is -1.81. The second kappa shape index (κ2) is 7.72. The molecule has 1 aromatic heterocycles. The molecule has 0 spiro atoms. The van der Waals surface area contributed by atoms with Gasteiger partial charge in [0.05, 0.1) is 0 Å². The zero-order valence-electron chi connectivity index (χ0n) is 10.7. The predicted molar refractivity (Wildman–Crippen MR) is 74.9 cm³/mol. The molecule has 2 nitrogen and oxygen atoms in total. The molecule has 0 amide bonds. The third-order valence-electron chi connectivity index (χ3n) is 2.28. The largest absolute Gasteiger partial charge is 0.461 e. The second-order valence-electron chi connectivity index (χ2n) is 3.48. The van der Waals surface area contributed by atoms with E-state index in [-0.39, 0.29) is 0 Å². The summed E-state index contributed by atoms with van der Waals surface area (Å²) < 4.78 is 5.61. The van der Waals surface area contributed by atoms with Crippen molar-refractivity contribution in [2.75, 3.05) is 0 Å². The molecule has 0 unspecified atom stereocenters. The number of carbonyl (C=O) groups excluding carboxylic acids is 1.